The molecule has 2 aromatic rings. The zero-order valence-corrected chi connectivity index (χ0v) is 10.2. The lowest BCUT2D eigenvalue weighted by Crippen LogP contribution is -2.01. The fraction of sp³-hybridized carbons (Fsp3) is 0.167. The van der Waals surface area contributed by atoms with Crippen LogP contribution in [0.1, 0.15) is 5.82 Å². The Morgan fingerprint density at radius 3 is 2.50 bits per heavy atom. The molecule has 0 spiro atoms. The van der Waals surface area contributed by atoms with Gasteiger partial charge in [0.15, 0.2) is 5.82 Å². The minimum Gasteiger partial charge on any atom is -0.377 e. The van der Waals surface area contributed by atoms with Crippen LogP contribution >= 0.6 is 11.6 Å². The molecule has 0 atom stereocenters. The van der Waals surface area contributed by atoms with Gasteiger partial charge >= 0.3 is 0 Å². The molecule has 0 saturated heterocycles. The predicted octanol–water partition coefficient (Wildman–Crippen LogP) is 3.22. The van der Waals surface area contributed by atoms with Gasteiger partial charge in [0.25, 0.3) is 0 Å². The monoisotopic (exact) mass is 270 g/mol. The molecular formula is C12H9ClF2N2O. The van der Waals surface area contributed by atoms with Crippen molar-refractivity contribution in [1.29, 1.82) is 0 Å². The van der Waals surface area contributed by atoms with Crippen molar-refractivity contribution < 1.29 is 13.5 Å². The van der Waals surface area contributed by atoms with Gasteiger partial charge in [-0.05, 0) is 12.1 Å². The van der Waals surface area contributed by atoms with Crippen LogP contribution in [0.2, 0.25) is 5.15 Å². The standard InChI is InChI=1S/C12H9ClF2N2O/c1-18-6-11-16-9(5-10(13)17-11)12-7(14)3-2-4-8(12)15/h2-5H,6H2,1H3. The van der Waals surface area contributed by atoms with E-state index in [0.717, 1.165) is 12.1 Å². The third-order valence-corrected chi connectivity index (χ3v) is 2.43. The Morgan fingerprint density at radius 1 is 1.22 bits per heavy atom. The molecule has 0 aliphatic carbocycles. The second-order valence-electron chi connectivity index (χ2n) is 3.52. The van der Waals surface area contributed by atoms with Crippen molar-refractivity contribution in [2.75, 3.05) is 7.11 Å². The Hall–Kier alpha value is -1.59. The zero-order chi connectivity index (χ0) is 13.1. The van der Waals surface area contributed by atoms with Crippen LogP contribution in [-0.4, -0.2) is 17.1 Å². The van der Waals surface area contributed by atoms with Crippen molar-refractivity contribution >= 4 is 11.6 Å². The van der Waals surface area contributed by atoms with E-state index in [4.69, 9.17) is 16.3 Å². The Balaban J connectivity index is 2.56. The van der Waals surface area contributed by atoms with Crippen LogP contribution in [0.15, 0.2) is 24.3 Å². The van der Waals surface area contributed by atoms with Gasteiger partial charge in [0.05, 0.1) is 11.3 Å². The molecule has 94 valence electrons. The quantitative estimate of drug-likeness (QED) is 0.803. The molecule has 0 fully saturated rings. The number of hydrogen-bond acceptors (Lipinski definition) is 3. The van der Waals surface area contributed by atoms with E-state index >= 15 is 0 Å². The molecule has 0 unspecified atom stereocenters. The summed E-state index contributed by atoms with van der Waals surface area (Å²) in [7, 11) is 1.47. The molecule has 1 heterocycles. The van der Waals surface area contributed by atoms with Crippen molar-refractivity contribution in [3.63, 3.8) is 0 Å². The lowest BCUT2D eigenvalue weighted by atomic mass is 10.1. The number of rotatable bonds is 3. The first-order valence-corrected chi connectivity index (χ1v) is 5.46. The molecule has 18 heavy (non-hydrogen) atoms. The minimum absolute atomic E-state index is 0.0950. The fourth-order valence-corrected chi connectivity index (χ4v) is 1.73. The number of halogens is 3. The highest BCUT2D eigenvalue weighted by molar-refractivity contribution is 6.29. The van der Waals surface area contributed by atoms with E-state index < -0.39 is 11.6 Å². The lowest BCUT2D eigenvalue weighted by molar-refractivity contribution is 0.178. The first-order valence-electron chi connectivity index (χ1n) is 5.08. The molecule has 0 radical (unpaired) electrons. The van der Waals surface area contributed by atoms with E-state index in [2.05, 4.69) is 9.97 Å². The normalized spacial score (nSPS) is 10.7. The smallest absolute Gasteiger partial charge is 0.156 e. The van der Waals surface area contributed by atoms with Gasteiger partial charge in [0.1, 0.15) is 23.4 Å². The van der Waals surface area contributed by atoms with Crippen LogP contribution in [0.3, 0.4) is 0 Å². The molecule has 0 saturated carbocycles. The van der Waals surface area contributed by atoms with Crippen LogP contribution in [0.4, 0.5) is 8.78 Å². The van der Waals surface area contributed by atoms with Crippen LogP contribution in [0.25, 0.3) is 11.3 Å². The van der Waals surface area contributed by atoms with Gasteiger partial charge in [0.2, 0.25) is 0 Å². The topological polar surface area (TPSA) is 35.0 Å². The molecule has 6 heteroatoms. The summed E-state index contributed by atoms with van der Waals surface area (Å²) in [5, 5.41) is 0.106. The van der Waals surface area contributed by atoms with Crippen LogP contribution < -0.4 is 0 Å². The van der Waals surface area contributed by atoms with Gasteiger partial charge in [-0.25, -0.2) is 18.7 Å². The lowest BCUT2D eigenvalue weighted by Gasteiger charge is -2.06. The highest BCUT2D eigenvalue weighted by Gasteiger charge is 2.14. The fourth-order valence-electron chi connectivity index (χ4n) is 1.53. The van der Waals surface area contributed by atoms with Gasteiger partial charge in [-0.1, -0.05) is 17.7 Å². The summed E-state index contributed by atoms with van der Waals surface area (Å²) in [5.74, 6) is -1.14. The number of methoxy groups -OCH3 is 1. The number of hydrogen-bond donors (Lipinski definition) is 0. The second kappa shape index (κ2) is 5.37. The molecule has 0 N–H and O–H groups in total. The number of ether oxygens (including phenoxy) is 1. The molecule has 1 aromatic carbocycles. The van der Waals surface area contributed by atoms with Gasteiger partial charge in [0, 0.05) is 13.2 Å². The van der Waals surface area contributed by atoms with Gasteiger partial charge in [-0.15, -0.1) is 0 Å². The maximum absolute atomic E-state index is 13.6. The number of aromatic nitrogens is 2. The van der Waals surface area contributed by atoms with E-state index in [9.17, 15) is 8.78 Å². The first-order chi connectivity index (χ1) is 8.61. The Kier molecular flexibility index (Phi) is 3.84. The van der Waals surface area contributed by atoms with E-state index in [0.29, 0.717) is 0 Å². The van der Waals surface area contributed by atoms with E-state index in [1.54, 1.807) is 0 Å². The average Bonchev–Trinajstić information content (AvgIpc) is 2.28. The molecule has 1 aromatic heterocycles. The highest BCUT2D eigenvalue weighted by atomic mass is 35.5. The Labute approximate surface area is 107 Å². The summed E-state index contributed by atoms with van der Waals surface area (Å²) >= 11 is 5.79. The number of nitrogens with zero attached hydrogens (tertiary/aromatic N) is 2. The number of benzene rings is 1. The summed E-state index contributed by atoms with van der Waals surface area (Å²) < 4.78 is 32.1. The molecule has 0 aliphatic heterocycles. The summed E-state index contributed by atoms with van der Waals surface area (Å²) in [4.78, 5) is 7.91. The van der Waals surface area contributed by atoms with Gasteiger partial charge in [-0.3, -0.25) is 0 Å². The largest absolute Gasteiger partial charge is 0.377 e. The van der Waals surface area contributed by atoms with Crippen molar-refractivity contribution in [3.8, 4) is 11.3 Å². The van der Waals surface area contributed by atoms with Crippen molar-refractivity contribution in [3.05, 3.63) is 46.9 Å². The van der Waals surface area contributed by atoms with Crippen molar-refractivity contribution in [2.24, 2.45) is 0 Å². The third-order valence-electron chi connectivity index (χ3n) is 2.23. The average molecular weight is 271 g/mol. The van der Waals surface area contributed by atoms with E-state index in [1.807, 2.05) is 0 Å². The summed E-state index contributed by atoms with van der Waals surface area (Å²) in [5.41, 5.74) is -0.128. The summed E-state index contributed by atoms with van der Waals surface area (Å²) in [6.07, 6.45) is 0. The highest BCUT2D eigenvalue weighted by Crippen LogP contribution is 2.25. The SMILES string of the molecule is COCc1nc(Cl)cc(-c2c(F)cccc2F)n1. The molecule has 3 nitrogen and oxygen atoms in total. The molecule has 0 aliphatic rings. The van der Waals surface area contributed by atoms with Crippen molar-refractivity contribution in [2.45, 2.75) is 6.61 Å². The molecule has 0 amide bonds. The molecule has 2 rings (SSSR count). The van der Waals surface area contributed by atoms with E-state index in [-0.39, 0.29) is 28.8 Å². The maximum atomic E-state index is 13.6. The summed E-state index contributed by atoms with van der Waals surface area (Å²) in [6.45, 7) is 0.115. The zero-order valence-electron chi connectivity index (χ0n) is 9.45. The van der Waals surface area contributed by atoms with Crippen LogP contribution in [0.5, 0.6) is 0 Å². The van der Waals surface area contributed by atoms with Gasteiger partial charge < -0.3 is 4.74 Å². The van der Waals surface area contributed by atoms with Crippen LogP contribution in [0, 0.1) is 11.6 Å². The van der Waals surface area contributed by atoms with Crippen LogP contribution in [-0.2, 0) is 11.3 Å². The second-order valence-corrected chi connectivity index (χ2v) is 3.91. The minimum atomic E-state index is -0.701. The van der Waals surface area contributed by atoms with E-state index in [1.165, 1.54) is 19.2 Å². The molecule has 0 bridgehead atoms. The first kappa shape index (κ1) is 12.9. The molecular weight excluding hydrogens is 262 g/mol. The Bertz CT molecular complexity index is 558. The third kappa shape index (κ3) is 2.63. The predicted molar refractivity (Wildman–Crippen MR) is 63.1 cm³/mol. The maximum Gasteiger partial charge on any atom is 0.156 e. The Morgan fingerprint density at radius 2 is 1.89 bits per heavy atom. The summed E-state index contributed by atoms with van der Waals surface area (Å²) in [6, 6.07) is 4.91. The van der Waals surface area contributed by atoms with Gasteiger partial charge in [-0.2, -0.15) is 0 Å². The van der Waals surface area contributed by atoms with Crippen molar-refractivity contribution in [1.82, 2.24) is 9.97 Å².